The van der Waals surface area contributed by atoms with Crippen LogP contribution in [0.4, 0.5) is 0 Å². The van der Waals surface area contributed by atoms with E-state index in [1.165, 1.54) is 13.0 Å². The molecule has 202 valence electrons. The Kier molecular flexibility index (Phi) is 9.97. The fraction of sp³-hybridized carbons (Fsp3) is 0.423. The van der Waals surface area contributed by atoms with Gasteiger partial charge >= 0.3 is 19.1 Å². The van der Waals surface area contributed by atoms with Gasteiger partial charge in [-0.1, -0.05) is 50.2 Å². The molecule has 1 saturated heterocycles. The maximum absolute atomic E-state index is 13.3. The van der Waals surface area contributed by atoms with Gasteiger partial charge in [-0.2, -0.15) is 0 Å². The van der Waals surface area contributed by atoms with Crippen LogP contribution in [0.2, 0.25) is 0 Å². The zero-order chi connectivity index (χ0) is 27.8. The molecule has 0 bridgehead atoms. The summed E-state index contributed by atoms with van der Waals surface area (Å²) < 4.78 is 10.7. The average Bonchev–Trinajstić information content (AvgIpc) is 2.88. The molecular formula is C26H33BN4O7. The van der Waals surface area contributed by atoms with Gasteiger partial charge in [-0.3, -0.25) is 24.5 Å². The Labute approximate surface area is 221 Å². The molecule has 1 aromatic heterocycles. The lowest BCUT2D eigenvalue weighted by atomic mass is 9.73. The van der Waals surface area contributed by atoms with E-state index in [2.05, 4.69) is 20.9 Å². The van der Waals surface area contributed by atoms with Crippen molar-refractivity contribution < 1.29 is 33.6 Å². The maximum atomic E-state index is 13.3. The highest BCUT2D eigenvalue weighted by Crippen LogP contribution is 2.17. The number of amides is 2. The molecule has 1 unspecified atom stereocenters. The Balaban J connectivity index is 1.77. The molecule has 2 aromatic rings. The predicted molar refractivity (Wildman–Crippen MR) is 139 cm³/mol. The molecule has 38 heavy (non-hydrogen) atoms. The molecule has 12 heteroatoms. The molecular weight excluding hydrogens is 491 g/mol. The second kappa shape index (κ2) is 13.2. The third-order valence-electron chi connectivity index (χ3n) is 5.87. The molecule has 1 aromatic carbocycles. The molecule has 4 N–H and O–H groups in total. The van der Waals surface area contributed by atoms with Crippen LogP contribution in [0.5, 0.6) is 0 Å². The smallest absolute Gasteiger partial charge is 0.497 e. The fourth-order valence-electron chi connectivity index (χ4n) is 3.87. The van der Waals surface area contributed by atoms with Crippen LogP contribution in [-0.2, 0) is 23.7 Å². The first kappa shape index (κ1) is 28.8. The van der Waals surface area contributed by atoms with Crippen molar-refractivity contribution in [1.82, 2.24) is 20.9 Å². The van der Waals surface area contributed by atoms with Crippen molar-refractivity contribution in [2.75, 3.05) is 6.54 Å². The molecule has 1 aliphatic heterocycles. The van der Waals surface area contributed by atoms with Crippen LogP contribution < -0.4 is 16.0 Å². The normalized spacial score (nSPS) is 18.4. The average molecular weight is 524 g/mol. The van der Waals surface area contributed by atoms with E-state index in [0.29, 0.717) is 12.1 Å². The van der Waals surface area contributed by atoms with Crippen LogP contribution >= 0.6 is 0 Å². The van der Waals surface area contributed by atoms with Crippen LogP contribution in [0.3, 0.4) is 0 Å². The summed E-state index contributed by atoms with van der Waals surface area (Å²) in [6.45, 7) is 6.48. The van der Waals surface area contributed by atoms with Gasteiger partial charge in [0.1, 0.15) is 17.8 Å². The molecule has 1 aliphatic rings. The van der Waals surface area contributed by atoms with Crippen LogP contribution in [0.15, 0.2) is 48.5 Å². The zero-order valence-electron chi connectivity index (χ0n) is 21.8. The summed E-state index contributed by atoms with van der Waals surface area (Å²) in [5.41, 5.74) is 1.45. The lowest BCUT2D eigenvalue weighted by Gasteiger charge is -2.29. The summed E-state index contributed by atoms with van der Waals surface area (Å²) in [6, 6.07) is 12.1. The number of rotatable bonds is 9. The van der Waals surface area contributed by atoms with Gasteiger partial charge in [0.05, 0.1) is 24.3 Å². The van der Waals surface area contributed by atoms with Crippen molar-refractivity contribution in [2.45, 2.75) is 58.2 Å². The van der Waals surface area contributed by atoms with Gasteiger partial charge < -0.3 is 25.0 Å². The van der Waals surface area contributed by atoms with Crippen LogP contribution in [0.1, 0.15) is 44.6 Å². The summed E-state index contributed by atoms with van der Waals surface area (Å²) >= 11 is 0. The van der Waals surface area contributed by atoms with E-state index in [0.717, 1.165) is 5.56 Å². The second-order valence-electron chi connectivity index (χ2n) is 9.61. The number of hydrogen-bond acceptors (Lipinski definition) is 9. The number of aromatic nitrogens is 1. The number of hydrogen-bond donors (Lipinski definition) is 4. The maximum Gasteiger partial charge on any atom is 0.622 e. The first-order valence-corrected chi connectivity index (χ1v) is 12.5. The van der Waals surface area contributed by atoms with E-state index >= 15 is 0 Å². The van der Waals surface area contributed by atoms with E-state index in [-0.39, 0.29) is 18.2 Å². The number of benzene rings is 1. The van der Waals surface area contributed by atoms with Crippen LogP contribution in [0.25, 0.3) is 11.3 Å². The largest absolute Gasteiger partial charge is 0.622 e. The van der Waals surface area contributed by atoms with E-state index < -0.39 is 55.0 Å². The van der Waals surface area contributed by atoms with Crippen molar-refractivity contribution in [3.8, 4) is 11.3 Å². The Morgan fingerprint density at radius 3 is 2.45 bits per heavy atom. The first-order chi connectivity index (χ1) is 18.0. The van der Waals surface area contributed by atoms with Gasteiger partial charge in [-0.05, 0) is 38.3 Å². The minimum absolute atomic E-state index is 0.0169. The number of carbonyl (C=O) groups is 4. The minimum atomic E-state index is -1.37. The van der Waals surface area contributed by atoms with Gasteiger partial charge in [0.25, 0.3) is 5.91 Å². The molecule has 2 heterocycles. The van der Waals surface area contributed by atoms with Gasteiger partial charge in [-0.15, -0.1) is 0 Å². The lowest BCUT2D eigenvalue weighted by Crippen LogP contribution is -2.60. The highest BCUT2D eigenvalue weighted by atomic mass is 16.6. The molecule has 1 fully saturated rings. The lowest BCUT2D eigenvalue weighted by molar-refractivity contribution is -0.145. The molecule has 4 atom stereocenters. The summed E-state index contributed by atoms with van der Waals surface area (Å²) in [5, 5.41) is 18.2. The van der Waals surface area contributed by atoms with E-state index in [1.54, 1.807) is 19.1 Å². The Hall–Kier alpha value is -3.77. The van der Waals surface area contributed by atoms with Crippen molar-refractivity contribution in [2.24, 2.45) is 5.92 Å². The van der Waals surface area contributed by atoms with Crippen LogP contribution in [0, 0.1) is 5.92 Å². The van der Waals surface area contributed by atoms with Gasteiger partial charge in [-0.25, -0.2) is 4.98 Å². The van der Waals surface area contributed by atoms with E-state index in [9.17, 15) is 24.3 Å². The van der Waals surface area contributed by atoms with Crippen molar-refractivity contribution in [3.05, 3.63) is 54.2 Å². The molecule has 2 amide bonds. The van der Waals surface area contributed by atoms with Crippen molar-refractivity contribution in [3.63, 3.8) is 0 Å². The van der Waals surface area contributed by atoms with Gasteiger partial charge in [0.15, 0.2) is 0 Å². The highest BCUT2D eigenvalue weighted by Gasteiger charge is 2.42. The highest BCUT2D eigenvalue weighted by molar-refractivity contribution is 6.51. The summed E-state index contributed by atoms with van der Waals surface area (Å²) in [7, 11) is -1.37. The third-order valence-corrected chi connectivity index (χ3v) is 5.87. The molecule has 0 aliphatic carbocycles. The summed E-state index contributed by atoms with van der Waals surface area (Å²) in [4.78, 5) is 55.1. The molecule has 0 saturated carbocycles. The summed E-state index contributed by atoms with van der Waals surface area (Å²) in [5.74, 6) is -3.59. The number of nitrogens with zero attached hydrogens (tertiary/aromatic N) is 1. The Morgan fingerprint density at radius 1 is 1.08 bits per heavy atom. The number of aliphatic hydroxyl groups is 1. The molecule has 11 nitrogen and oxygen atoms in total. The topological polar surface area (TPSA) is 156 Å². The number of pyridine rings is 1. The van der Waals surface area contributed by atoms with E-state index in [4.69, 9.17) is 9.31 Å². The third kappa shape index (κ3) is 7.86. The molecule has 0 radical (unpaired) electrons. The first-order valence-electron chi connectivity index (χ1n) is 12.5. The van der Waals surface area contributed by atoms with Gasteiger partial charge in [0, 0.05) is 5.56 Å². The fourth-order valence-corrected chi connectivity index (χ4v) is 3.87. The Morgan fingerprint density at radius 2 is 1.79 bits per heavy atom. The second-order valence-corrected chi connectivity index (χ2v) is 9.61. The number of carbonyl (C=O) groups excluding carboxylic acids is 4. The van der Waals surface area contributed by atoms with Crippen LogP contribution in [-0.4, -0.2) is 71.6 Å². The standard InChI is InChI=1S/C26H33BN4O7/c1-15(2)13-21(27-37-22(33)14-28-16(3)26(36)38-27)30-25(35)23(17(4)32)31-24(34)20-12-8-11-19(29-20)18-9-6-5-7-10-18/h5-12,15-17,21,23,28,32H,13-14H2,1-4H3,(H,30,35)(H,31,34)/t16?,17-,21+,23+/m1/s1. The monoisotopic (exact) mass is 524 g/mol. The zero-order valence-corrected chi connectivity index (χ0v) is 21.8. The molecule has 0 spiro atoms. The van der Waals surface area contributed by atoms with Crippen molar-refractivity contribution in [1.29, 1.82) is 0 Å². The Bertz CT molecular complexity index is 1150. The van der Waals surface area contributed by atoms with Crippen molar-refractivity contribution >= 4 is 30.9 Å². The molecule has 3 rings (SSSR count). The number of aliphatic hydroxyl groups excluding tert-OH is 1. The predicted octanol–water partition coefficient (Wildman–Crippen LogP) is 0.864. The van der Waals surface area contributed by atoms with Gasteiger partial charge in [0.2, 0.25) is 5.91 Å². The number of nitrogens with one attached hydrogen (secondary N) is 3. The van der Waals surface area contributed by atoms with E-state index in [1.807, 2.05) is 44.2 Å². The summed E-state index contributed by atoms with van der Waals surface area (Å²) in [6.07, 6.45) is -0.984. The minimum Gasteiger partial charge on any atom is -0.497 e. The SMILES string of the molecule is CC(C)C[C@H](NC(=O)[C@@H](NC(=O)c1cccc(-c2ccccc2)n1)[C@@H](C)O)B1OC(=O)CNC(C)C(=O)O1. The quantitative estimate of drug-likeness (QED) is 0.350.